The van der Waals surface area contributed by atoms with Gasteiger partial charge in [-0.1, -0.05) is 43.3 Å². The second kappa shape index (κ2) is 9.32. The van der Waals surface area contributed by atoms with E-state index < -0.39 is 17.7 Å². The Balaban J connectivity index is 1.83. The van der Waals surface area contributed by atoms with Crippen LogP contribution >= 0.6 is 0 Å². The fraction of sp³-hybridized carbons (Fsp3) is 0.269. The van der Waals surface area contributed by atoms with E-state index in [2.05, 4.69) is 5.16 Å². The first-order chi connectivity index (χ1) is 15.9. The van der Waals surface area contributed by atoms with E-state index in [0.29, 0.717) is 29.2 Å². The lowest BCUT2D eigenvalue weighted by molar-refractivity contribution is -0.132. The molecule has 33 heavy (non-hydrogen) atoms. The second-order valence-corrected chi connectivity index (χ2v) is 7.93. The number of anilines is 1. The number of rotatable bonds is 7. The quantitative estimate of drug-likeness (QED) is 0.313. The molecule has 1 unspecified atom stereocenters. The molecule has 1 aliphatic heterocycles. The molecular formula is C26H26N2O5. The van der Waals surface area contributed by atoms with Gasteiger partial charge in [0.15, 0.2) is 5.82 Å². The lowest BCUT2D eigenvalue weighted by Gasteiger charge is -2.23. The Morgan fingerprint density at radius 1 is 1.09 bits per heavy atom. The van der Waals surface area contributed by atoms with Gasteiger partial charge in [-0.2, -0.15) is 0 Å². The van der Waals surface area contributed by atoms with E-state index in [1.54, 1.807) is 37.3 Å². The molecule has 2 heterocycles. The molecule has 7 heteroatoms. The van der Waals surface area contributed by atoms with Crippen molar-refractivity contribution in [3.8, 4) is 5.75 Å². The predicted molar refractivity (Wildman–Crippen MR) is 124 cm³/mol. The van der Waals surface area contributed by atoms with Crippen LogP contribution in [0.5, 0.6) is 5.75 Å². The van der Waals surface area contributed by atoms with Gasteiger partial charge in [0.2, 0.25) is 0 Å². The maximum Gasteiger partial charge on any atom is 0.301 e. The average Bonchev–Trinajstić information content (AvgIpc) is 3.38. The van der Waals surface area contributed by atoms with Gasteiger partial charge >= 0.3 is 5.91 Å². The molecule has 1 fully saturated rings. The molecule has 7 nitrogen and oxygen atoms in total. The van der Waals surface area contributed by atoms with Gasteiger partial charge < -0.3 is 14.4 Å². The van der Waals surface area contributed by atoms with Crippen molar-refractivity contribution in [2.45, 2.75) is 39.7 Å². The highest BCUT2D eigenvalue weighted by molar-refractivity contribution is 6.51. The van der Waals surface area contributed by atoms with Crippen molar-refractivity contribution in [1.82, 2.24) is 5.16 Å². The second-order valence-electron chi connectivity index (χ2n) is 7.93. The Morgan fingerprint density at radius 2 is 1.79 bits per heavy atom. The van der Waals surface area contributed by atoms with E-state index >= 15 is 0 Å². The maximum atomic E-state index is 13.1. The number of carbonyl (C=O) groups excluding carboxylic acids is 2. The predicted octanol–water partition coefficient (Wildman–Crippen LogP) is 4.96. The third kappa shape index (κ3) is 4.26. The fourth-order valence-corrected chi connectivity index (χ4v) is 3.87. The van der Waals surface area contributed by atoms with Gasteiger partial charge in [-0.3, -0.25) is 14.5 Å². The molecule has 4 rings (SSSR count). The summed E-state index contributed by atoms with van der Waals surface area (Å²) in [5.74, 6) is -0.390. The molecule has 1 N–H and O–H groups in total. The van der Waals surface area contributed by atoms with E-state index in [4.69, 9.17) is 9.26 Å². The number of hydrogen-bond acceptors (Lipinski definition) is 6. The van der Waals surface area contributed by atoms with Gasteiger partial charge in [0.1, 0.15) is 17.3 Å². The summed E-state index contributed by atoms with van der Waals surface area (Å²) in [6.07, 6.45) is 1.74. The van der Waals surface area contributed by atoms with Crippen LogP contribution in [0, 0.1) is 6.92 Å². The summed E-state index contributed by atoms with van der Waals surface area (Å²) < 4.78 is 10.8. The molecule has 0 saturated carbocycles. The third-order valence-electron chi connectivity index (χ3n) is 5.61. The third-order valence-corrected chi connectivity index (χ3v) is 5.61. The number of carbonyl (C=O) groups is 2. The molecule has 1 atom stereocenters. The number of hydrogen-bond donors (Lipinski definition) is 1. The van der Waals surface area contributed by atoms with E-state index in [1.165, 1.54) is 4.90 Å². The van der Waals surface area contributed by atoms with Crippen molar-refractivity contribution in [3.63, 3.8) is 0 Å². The van der Waals surface area contributed by atoms with E-state index in [1.807, 2.05) is 38.1 Å². The molecular weight excluding hydrogens is 420 g/mol. The SMILES string of the molecule is CCCOc1ccc(/C(O)=C2\C(=O)C(=O)N(c3cc(C)on3)C2c2ccc(CC)cc2)cc1. The van der Waals surface area contributed by atoms with Crippen LogP contribution in [0.25, 0.3) is 5.76 Å². The van der Waals surface area contributed by atoms with Crippen molar-refractivity contribution in [2.75, 3.05) is 11.5 Å². The number of amides is 1. The number of aryl methyl sites for hydroxylation is 2. The van der Waals surface area contributed by atoms with Crippen LogP contribution in [0.15, 0.2) is 64.7 Å². The minimum atomic E-state index is -0.837. The fourth-order valence-electron chi connectivity index (χ4n) is 3.87. The van der Waals surface area contributed by atoms with Gasteiger partial charge in [-0.25, -0.2) is 0 Å². The average molecular weight is 447 g/mol. The largest absolute Gasteiger partial charge is 0.507 e. The summed E-state index contributed by atoms with van der Waals surface area (Å²) in [5.41, 5.74) is 2.24. The van der Waals surface area contributed by atoms with Gasteiger partial charge in [-0.15, -0.1) is 0 Å². The minimum absolute atomic E-state index is 0.00660. The highest BCUT2D eigenvalue weighted by Crippen LogP contribution is 2.42. The summed E-state index contributed by atoms with van der Waals surface area (Å²) in [6.45, 7) is 6.36. The molecule has 0 radical (unpaired) electrons. The number of Topliss-reactive ketones (excluding diaryl/α,β-unsaturated/α-hetero) is 1. The van der Waals surface area contributed by atoms with Crippen molar-refractivity contribution in [1.29, 1.82) is 0 Å². The normalized spacial score (nSPS) is 17.5. The minimum Gasteiger partial charge on any atom is -0.507 e. The first-order valence-electron chi connectivity index (χ1n) is 11.0. The number of aromatic nitrogens is 1. The number of aliphatic hydroxyl groups is 1. The van der Waals surface area contributed by atoms with Crippen LogP contribution in [-0.4, -0.2) is 28.6 Å². The zero-order chi connectivity index (χ0) is 23.5. The van der Waals surface area contributed by atoms with Crippen molar-refractivity contribution >= 4 is 23.3 Å². The van der Waals surface area contributed by atoms with E-state index in [0.717, 1.165) is 18.4 Å². The number of ketones is 1. The summed E-state index contributed by atoms with van der Waals surface area (Å²) in [4.78, 5) is 27.5. The summed E-state index contributed by atoms with van der Waals surface area (Å²) in [5, 5.41) is 15.1. The van der Waals surface area contributed by atoms with Crippen LogP contribution in [0.2, 0.25) is 0 Å². The molecule has 3 aromatic rings. The van der Waals surface area contributed by atoms with Gasteiger partial charge in [0, 0.05) is 11.6 Å². The van der Waals surface area contributed by atoms with Crippen molar-refractivity contribution in [2.24, 2.45) is 0 Å². The topological polar surface area (TPSA) is 92.9 Å². The monoisotopic (exact) mass is 446 g/mol. The van der Waals surface area contributed by atoms with Crippen LogP contribution in [0.3, 0.4) is 0 Å². The first kappa shape index (κ1) is 22.3. The zero-order valence-corrected chi connectivity index (χ0v) is 18.9. The van der Waals surface area contributed by atoms with Crippen LogP contribution < -0.4 is 9.64 Å². The van der Waals surface area contributed by atoms with Crippen molar-refractivity contribution in [3.05, 3.63) is 82.6 Å². The summed E-state index contributed by atoms with van der Waals surface area (Å²) in [6, 6.07) is 15.2. The number of aliphatic hydroxyl groups excluding tert-OH is 1. The standard InChI is InChI=1S/C26H26N2O5/c1-4-14-32-20-12-10-19(11-13-20)24(29)22-23(18-8-6-17(5-2)7-9-18)28(26(31)25(22)30)21-15-16(3)33-27-21/h6-13,15,23,29H,4-5,14H2,1-3H3/b24-22+. The van der Waals surface area contributed by atoms with E-state index in [-0.39, 0.29) is 17.2 Å². The van der Waals surface area contributed by atoms with Gasteiger partial charge in [-0.05, 0) is 55.2 Å². The molecule has 170 valence electrons. The Kier molecular flexibility index (Phi) is 6.31. The maximum absolute atomic E-state index is 13.1. The molecule has 0 bridgehead atoms. The number of ether oxygens (including phenoxy) is 1. The lowest BCUT2D eigenvalue weighted by Crippen LogP contribution is -2.29. The highest BCUT2D eigenvalue weighted by Gasteiger charge is 2.48. The highest BCUT2D eigenvalue weighted by atomic mass is 16.5. The van der Waals surface area contributed by atoms with Gasteiger partial charge in [0.05, 0.1) is 18.2 Å². The van der Waals surface area contributed by atoms with E-state index in [9.17, 15) is 14.7 Å². The molecule has 2 aromatic carbocycles. The first-order valence-corrected chi connectivity index (χ1v) is 11.0. The van der Waals surface area contributed by atoms with Crippen molar-refractivity contribution < 1.29 is 24.0 Å². The zero-order valence-electron chi connectivity index (χ0n) is 18.9. The molecule has 1 aromatic heterocycles. The number of benzene rings is 2. The molecule has 1 amide bonds. The summed E-state index contributed by atoms with van der Waals surface area (Å²) >= 11 is 0. The Labute approximate surface area is 192 Å². The number of nitrogens with zero attached hydrogens (tertiary/aromatic N) is 2. The Morgan fingerprint density at radius 3 is 2.36 bits per heavy atom. The Bertz CT molecular complexity index is 1190. The Hall–Kier alpha value is -3.87. The molecule has 0 aliphatic carbocycles. The smallest absolute Gasteiger partial charge is 0.301 e. The molecule has 0 spiro atoms. The van der Waals surface area contributed by atoms with Crippen LogP contribution in [-0.2, 0) is 16.0 Å². The van der Waals surface area contributed by atoms with Crippen LogP contribution in [0.1, 0.15) is 48.8 Å². The molecule has 1 saturated heterocycles. The van der Waals surface area contributed by atoms with Crippen LogP contribution in [0.4, 0.5) is 5.82 Å². The summed E-state index contributed by atoms with van der Waals surface area (Å²) in [7, 11) is 0. The molecule has 1 aliphatic rings. The van der Waals surface area contributed by atoms with Gasteiger partial charge in [0.25, 0.3) is 5.78 Å². The lowest BCUT2D eigenvalue weighted by atomic mass is 9.94.